The highest BCUT2D eigenvalue weighted by molar-refractivity contribution is 7.89. The number of sulfonamides is 1. The molecule has 0 radical (unpaired) electrons. The van der Waals surface area contributed by atoms with Gasteiger partial charge in [-0.2, -0.15) is 0 Å². The molecule has 0 aliphatic carbocycles. The number of hydrogen-bond donors (Lipinski definition) is 2. The van der Waals surface area contributed by atoms with Crippen LogP contribution in [0.3, 0.4) is 0 Å². The van der Waals surface area contributed by atoms with E-state index in [0.29, 0.717) is 11.4 Å². The van der Waals surface area contributed by atoms with Crippen LogP contribution in [0.5, 0.6) is 0 Å². The largest absolute Gasteiger partial charge is 0.342 e. The number of rotatable bonds is 7. The molecular weight excluding hydrogens is 338 g/mol. The van der Waals surface area contributed by atoms with Crippen molar-refractivity contribution in [3.63, 3.8) is 0 Å². The fourth-order valence-corrected chi connectivity index (χ4v) is 4.44. The van der Waals surface area contributed by atoms with Gasteiger partial charge < -0.3 is 10.6 Å². The summed E-state index contributed by atoms with van der Waals surface area (Å²) in [6.07, 6.45) is 0.0992. The second-order valence-electron chi connectivity index (χ2n) is 6.69. The Balaban J connectivity index is 2.97. The molecule has 0 aliphatic rings. The van der Waals surface area contributed by atoms with Gasteiger partial charge in [0.1, 0.15) is 0 Å². The lowest BCUT2D eigenvalue weighted by Gasteiger charge is -2.24. The van der Waals surface area contributed by atoms with Crippen LogP contribution in [-0.2, 0) is 14.8 Å². The molecule has 1 amide bonds. The van der Waals surface area contributed by atoms with Gasteiger partial charge >= 0.3 is 0 Å². The summed E-state index contributed by atoms with van der Waals surface area (Å²) in [5, 5.41) is 0. The predicted octanol–water partition coefficient (Wildman–Crippen LogP) is 1.70. The van der Waals surface area contributed by atoms with Gasteiger partial charge in [0.15, 0.2) is 0 Å². The molecule has 0 heterocycles. The van der Waals surface area contributed by atoms with Crippen LogP contribution in [0.25, 0.3) is 0 Å². The molecular formula is C18H31N3O3S. The maximum Gasteiger partial charge on any atom is 0.241 e. The number of nitrogens with zero attached hydrogens (tertiary/aromatic N) is 1. The minimum Gasteiger partial charge on any atom is -0.342 e. The van der Waals surface area contributed by atoms with Crippen LogP contribution in [0.2, 0.25) is 0 Å². The SMILES string of the molecule is Cc1c(C)c(C)c(S(=O)(=O)NCCC(=O)N(C)C(C)CN)c(C)c1C. The van der Waals surface area contributed by atoms with Crippen molar-refractivity contribution in [2.75, 3.05) is 20.1 Å². The Labute approximate surface area is 151 Å². The molecule has 3 N–H and O–H groups in total. The van der Waals surface area contributed by atoms with E-state index in [1.165, 1.54) is 0 Å². The third kappa shape index (κ3) is 4.59. The summed E-state index contributed by atoms with van der Waals surface area (Å²) in [5.74, 6) is -0.134. The summed E-state index contributed by atoms with van der Waals surface area (Å²) >= 11 is 0. The molecule has 1 atom stereocenters. The van der Waals surface area contributed by atoms with E-state index in [-0.39, 0.29) is 24.9 Å². The van der Waals surface area contributed by atoms with E-state index in [9.17, 15) is 13.2 Å². The summed E-state index contributed by atoms with van der Waals surface area (Å²) in [4.78, 5) is 14.0. The molecule has 0 fully saturated rings. The minimum atomic E-state index is -3.68. The molecule has 0 spiro atoms. The lowest BCUT2D eigenvalue weighted by molar-refractivity contribution is -0.131. The Bertz CT molecular complexity index is 728. The second-order valence-corrected chi connectivity index (χ2v) is 8.40. The molecule has 0 aromatic heterocycles. The number of benzene rings is 1. The Morgan fingerprint density at radius 1 is 1.04 bits per heavy atom. The van der Waals surface area contributed by atoms with Crippen LogP contribution < -0.4 is 10.5 Å². The number of nitrogens with two attached hydrogens (primary N) is 1. The number of amides is 1. The summed E-state index contributed by atoms with van der Waals surface area (Å²) in [7, 11) is -2.00. The van der Waals surface area contributed by atoms with Crippen LogP contribution in [0.1, 0.15) is 41.2 Å². The molecule has 25 heavy (non-hydrogen) atoms. The number of carbonyl (C=O) groups is 1. The zero-order chi connectivity index (χ0) is 19.5. The van der Waals surface area contributed by atoms with Gasteiger partial charge in [-0.25, -0.2) is 13.1 Å². The fraction of sp³-hybridized carbons (Fsp3) is 0.611. The van der Waals surface area contributed by atoms with Gasteiger partial charge in [0.2, 0.25) is 15.9 Å². The van der Waals surface area contributed by atoms with Crippen molar-refractivity contribution in [3.05, 3.63) is 27.8 Å². The van der Waals surface area contributed by atoms with Gasteiger partial charge in [0, 0.05) is 32.6 Å². The second kappa shape index (κ2) is 8.29. The summed E-state index contributed by atoms with van der Waals surface area (Å²) < 4.78 is 28.1. The highest BCUT2D eigenvalue weighted by Gasteiger charge is 2.24. The zero-order valence-electron chi connectivity index (χ0n) is 16.4. The molecule has 0 bridgehead atoms. The maximum absolute atomic E-state index is 12.8. The molecule has 0 saturated carbocycles. The Morgan fingerprint density at radius 3 is 1.92 bits per heavy atom. The van der Waals surface area contributed by atoms with Crippen LogP contribution >= 0.6 is 0 Å². The molecule has 1 aromatic rings. The first kappa shape index (κ1) is 21.6. The van der Waals surface area contributed by atoms with Crippen LogP contribution in [0.4, 0.5) is 0 Å². The van der Waals surface area contributed by atoms with E-state index in [2.05, 4.69) is 4.72 Å². The van der Waals surface area contributed by atoms with E-state index in [1.807, 2.05) is 41.5 Å². The molecule has 0 saturated heterocycles. The Hall–Kier alpha value is -1.44. The van der Waals surface area contributed by atoms with Gasteiger partial charge in [-0.3, -0.25) is 4.79 Å². The summed E-state index contributed by atoms with van der Waals surface area (Å²) in [6, 6.07) is -0.0732. The van der Waals surface area contributed by atoms with Crippen molar-refractivity contribution in [1.29, 1.82) is 0 Å². The van der Waals surface area contributed by atoms with Crippen molar-refractivity contribution >= 4 is 15.9 Å². The molecule has 6 nitrogen and oxygen atoms in total. The summed E-state index contributed by atoms with van der Waals surface area (Å²) in [5.41, 5.74) is 10.1. The monoisotopic (exact) mass is 369 g/mol. The van der Waals surface area contributed by atoms with E-state index in [4.69, 9.17) is 5.73 Å². The fourth-order valence-electron chi connectivity index (χ4n) is 2.81. The number of carbonyl (C=O) groups excluding carboxylic acids is 1. The standard InChI is InChI=1S/C18H31N3O3S/c1-11(10-19)21(7)17(22)8-9-20-25(23,24)18-15(5)13(3)12(2)14(4)16(18)6/h11,20H,8-10,19H2,1-7H3. The lowest BCUT2D eigenvalue weighted by Crippen LogP contribution is -2.41. The average molecular weight is 370 g/mol. The van der Waals surface area contributed by atoms with Gasteiger partial charge in [0.25, 0.3) is 0 Å². The first-order valence-corrected chi connectivity index (χ1v) is 9.96. The van der Waals surface area contributed by atoms with Crippen molar-refractivity contribution in [1.82, 2.24) is 9.62 Å². The number of nitrogens with one attached hydrogen (secondary N) is 1. The van der Waals surface area contributed by atoms with Crippen molar-refractivity contribution in [3.8, 4) is 0 Å². The minimum absolute atomic E-state index is 0.0631. The van der Waals surface area contributed by atoms with E-state index >= 15 is 0 Å². The first-order valence-electron chi connectivity index (χ1n) is 8.48. The van der Waals surface area contributed by atoms with Gasteiger partial charge in [-0.15, -0.1) is 0 Å². The smallest absolute Gasteiger partial charge is 0.241 e. The maximum atomic E-state index is 12.8. The highest BCUT2D eigenvalue weighted by Crippen LogP contribution is 2.29. The van der Waals surface area contributed by atoms with E-state index < -0.39 is 10.0 Å². The molecule has 1 aromatic carbocycles. The molecule has 0 aliphatic heterocycles. The molecule has 142 valence electrons. The van der Waals surface area contributed by atoms with E-state index in [1.54, 1.807) is 11.9 Å². The molecule has 1 unspecified atom stereocenters. The zero-order valence-corrected chi connectivity index (χ0v) is 17.2. The highest BCUT2D eigenvalue weighted by atomic mass is 32.2. The number of likely N-dealkylation sites (N-methyl/N-ethyl adjacent to an activating group) is 1. The van der Waals surface area contributed by atoms with Crippen molar-refractivity contribution < 1.29 is 13.2 Å². The van der Waals surface area contributed by atoms with Crippen molar-refractivity contribution in [2.45, 2.75) is 58.9 Å². The van der Waals surface area contributed by atoms with Gasteiger partial charge in [0.05, 0.1) is 4.90 Å². The van der Waals surface area contributed by atoms with Gasteiger partial charge in [-0.05, 0) is 69.4 Å². The Kier molecular flexibility index (Phi) is 7.17. The molecule has 1 rings (SSSR count). The van der Waals surface area contributed by atoms with Crippen molar-refractivity contribution in [2.24, 2.45) is 5.73 Å². The topological polar surface area (TPSA) is 92.5 Å². The summed E-state index contributed by atoms with van der Waals surface area (Å²) in [6.45, 7) is 11.8. The average Bonchev–Trinajstić information content (AvgIpc) is 2.56. The van der Waals surface area contributed by atoms with Gasteiger partial charge in [-0.1, -0.05) is 0 Å². The normalized spacial score (nSPS) is 13.0. The van der Waals surface area contributed by atoms with Crippen LogP contribution in [0.15, 0.2) is 4.90 Å². The van der Waals surface area contributed by atoms with Crippen LogP contribution in [0, 0.1) is 34.6 Å². The quantitative estimate of drug-likeness (QED) is 0.765. The first-order chi connectivity index (χ1) is 11.5. The van der Waals surface area contributed by atoms with E-state index in [0.717, 1.165) is 27.8 Å². The number of hydrogen-bond acceptors (Lipinski definition) is 4. The third-order valence-electron chi connectivity index (χ3n) is 5.23. The Morgan fingerprint density at radius 2 is 1.48 bits per heavy atom. The van der Waals surface area contributed by atoms with Crippen LogP contribution in [-0.4, -0.2) is 45.4 Å². The predicted molar refractivity (Wildman–Crippen MR) is 101 cm³/mol. The molecule has 7 heteroatoms. The lowest BCUT2D eigenvalue weighted by atomic mass is 9.95. The third-order valence-corrected chi connectivity index (χ3v) is 6.96.